The summed E-state index contributed by atoms with van der Waals surface area (Å²) in [5.74, 6) is -0.256. The average molecular weight is 325 g/mol. The Morgan fingerprint density at radius 3 is 2.36 bits per heavy atom. The van der Waals surface area contributed by atoms with Crippen LogP contribution in [0.5, 0.6) is 0 Å². The summed E-state index contributed by atoms with van der Waals surface area (Å²) >= 11 is 0. The molecule has 22 heavy (non-hydrogen) atoms. The van der Waals surface area contributed by atoms with Crippen molar-refractivity contribution in [3.05, 3.63) is 29.8 Å². The average Bonchev–Trinajstić information content (AvgIpc) is 2.73. The van der Waals surface area contributed by atoms with Gasteiger partial charge in [0.25, 0.3) is 5.91 Å². The summed E-state index contributed by atoms with van der Waals surface area (Å²) in [5.41, 5.74) is 1.05. The molecular formula is C14H19N3O4S. The number of hydrogen-bond donors (Lipinski definition) is 2. The maximum atomic E-state index is 11.9. The Balaban J connectivity index is 2.08. The number of nitrogens with one attached hydrogen (secondary N) is 2. The first kappa shape index (κ1) is 16.3. The Bertz CT molecular complexity index is 670. The first-order valence-corrected chi connectivity index (χ1v) is 8.68. The van der Waals surface area contributed by atoms with Crippen LogP contribution in [0.1, 0.15) is 31.4 Å². The molecule has 120 valence electrons. The SMILES string of the molecule is CCCCS(=O)(=O)Nc1ccc(C2NC(=O)N(C)C2=O)cc1. The van der Waals surface area contributed by atoms with Crippen molar-refractivity contribution in [3.8, 4) is 0 Å². The predicted octanol–water partition coefficient (Wildman–Crippen LogP) is 1.45. The van der Waals surface area contributed by atoms with Gasteiger partial charge >= 0.3 is 6.03 Å². The highest BCUT2D eigenvalue weighted by Gasteiger charge is 2.36. The van der Waals surface area contributed by atoms with Gasteiger partial charge in [-0.25, -0.2) is 13.2 Å². The van der Waals surface area contributed by atoms with Crippen molar-refractivity contribution in [2.45, 2.75) is 25.8 Å². The maximum absolute atomic E-state index is 11.9. The van der Waals surface area contributed by atoms with Crippen LogP contribution in [-0.4, -0.2) is 38.1 Å². The third-order valence-corrected chi connectivity index (χ3v) is 4.81. The second kappa shape index (κ2) is 6.35. The van der Waals surface area contributed by atoms with E-state index in [1.54, 1.807) is 24.3 Å². The zero-order valence-corrected chi connectivity index (χ0v) is 13.3. The molecule has 1 heterocycles. The number of nitrogens with zero attached hydrogens (tertiary/aromatic N) is 1. The minimum Gasteiger partial charge on any atom is -0.322 e. The molecule has 0 aliphatic carbocycles. The van der Waals surface area contributed by atoms with Gasteiger partial charge in [-0.05, 0) is 24.1 Å². The van der Waals surface area contributed by atoms with Crippen LogP contribution in [0.4, 0.5) is 10.5 Å². The van der Waals surface area contributed by atoms with Crippen molar-refractivity contribution in [1.82, 2.24) is 10.2 Å². The highest BCUT2D eigenvalue weighted by atomic mass is 32.2. The summed E-state index contributed by atoms with van der Waals surface area (Å²) in [6.45, 7) is 1.92. The first-order chi connectivity index (χ1) is 10.3. The molecule has 1 saturated heterocycles. The van der Waals surface area contributed by atoms with Gasteiger partial charge in [-0.15, -0.1) is 0 Å². The van der Waals surface area contributed by atoms with Gasteiger partial charge in [-0.3, -0.25) is 14.4 Å². The second-order valence-electron chi connectivity index (χ2n) is 5.18. The molecule has 7 nitrogen and oxygen atoms in total. The van der Waals surface area contributed by atoms with E-state index in [1.165, 1.54) is 7.05 Å². The van der Waals surface area contributed by atoms with Crippen molar-refractivity contribution in [3.63, 3.8) is 0 Å². The van der Waals surface area contributed by atoms with E-state index in [1.807, 2.05) is 6.92 Å². The summed E-state index contributed by atoms with van der Waals surface area (Å²) in [7, 11) is -1.94. The summed E-state index contributed by atoms with van der Waals surface area (Å²) in [5, 5.41) is 2.56. The largest absolute Gasteiger partial charge is 0.324 e. The predicted molar refractivity (Wildman–Crippen MR) is 82.8 cm³/mol. The quantitative estimate of drug-likeness (QED) is 0.774. The van der Waals surface area contributed by atoms with Gasteiger partial charge in [-0.2, -0.15) is 0 Å². The second-order valence-corrected chi connectivity index (χ2v) is 7.02. The molecule has 1 aliphatic heterocycles. The highest BCUT2D eigenvalue weighted by molar-refractivity contribution is 7.92. The van der Waals surface area contributed by atoms with Crippen molar-refractivity contribution >= 4 is 27.6 Å². The van der Waals surface area contributed by atoms with Gasteiger partial charge in [0.05, 0.1) is 5.75 Å². The van der Waals surface area contributed by atoms with Gasteiger partial charge in [0.15, 0.2) is 0 Å². The molecular weight excluding hydrogens is 306 g/mol. The smallest absolute Gasteiger partial charge is 0.322 e. The van der Waals surface area contributed by atoms with Crippen LogP contribution in [0.2, 0.25) is 0 Å². The topological polar surface area (TPSA) is 95.6 Å². The Morgan fingerprint density at radius 1 is 1.23 bits per heavy atom. The molecule has 1 aliphatic rings. The van der Waals surface area contributed by atoms with Gasteiger partial charge in [0.1, 0.15) is 6.04 Å². The zero-order chi connectivity index (χ0) is 16.3. The fraction of sp³-hybridized carbons (Fsp3) is 0.429. The van der Waals surface area contributed by atoms with E-state index in [0.717, 1.165) is 11.3 Å². The van der Waals surface area contributed by atoms with Gasteiger partial charge in [0.2, 0.25) is 10.0 Å². The van der Waals surface area contributed by atoms with Crippen LogP contribution in [0.15, 0.2) is 24.3 Å². The molecule has 8 heteroatoms. The number of hydrogen-bond acceptors (Lipinski definition) is 4. The van der Waals surface area contributed by atoms with Crippen molar-refractivity contribution < 1.29 is 18.0 Å². The lowest BCUT2D eigenvalue weighted by atomic mass is 10.1. The minimum absolute atomic E-state index is 0.0766. The molecule has 2 rings (SSSR count). The van der Waals surface area contributed by atoms with E-state index in [2.05, 4.69) is 10.0 Å². The Morgan fingerprint density at radius 2 is 1.86 bits per heavy atom. The van der Waals surface area contributed by atoms with E-state index in [-0.39, 0.29) is 11.7 Å². The molecule has 3 amide bonds. The zero-order valence-electron chi connectivity index (χ0n) is 12.5. The maximum Gasteiger partial charge on any atom is 0.324 e. The number of anilines is 1. The summed E-state index contributed by atoms with van der Waals surface area (Å²) < 4.78 is 26.1. The lowest BCUT2D eigenvalue weighted by Crippen LogP contribution is -2.25. The van der Waals surface area contributed by atoms with Crippen LogP contribution in [0, 0.1) is 0 Å². The third-order valence-electron chi connectivity index (χ3n) is 3.43. The lowest BCUT2D eigenvalue weighted by molar-refractivity contribution is -0.126. The number of sulfonamides is 1. The summed E-state index contributed by atoms with van der Waals surface area (Å²) in [6, 6.07) is 5.24. The number of likely N-dealkylation sites (N-methyl/N-ethyl adjacent to an activating group) is 1. The fourth-order valence-corrected chi connectivity index (χ4v) is 3.38. The molecule has 0 spiro atoms. The van der Waals surface area contributed by atoms with Gasteiger partial charge in [-0.1, -0.05) is 25.5 Å². The molecule has 1 aromatic carbocycles. The fourth-order valence-electron chi connectivity index (χ4n) is 2.11. The van der Waals surface area contributed by atoms with E-state index in [4.69, 9.17) is 0 Å². The number of carbonyl (C=O) groups excluding carboxylic acids is 2. The van der Waals surface area contributed by atoms with Gasteiger partial charge < -0.3 is 5.32 Å². The summed E-state index contributed by atoms with van der Waals surface area (Å²) in [6.07, 6.45) is 1.40. The number of amides is 3. The number of urea groups is 1. The lowest BCUT2D eigenvalue weighted by Gasteiger charge is -2.11. The Labute approximate surface area is 129 Å². The molecule has 1 unspecified atom stereocenters. The molecule has 1 atom stereocenters. The Hall–Kier alpha value is -2.09. The van der Waals surface area contributed by atoms with Crippen LogP contribution < -0.4 is 10.0 Å². The van der Waals surface area contributed by atoms with Crippen LogP contribution in [0.25, 0.3) is 0 Å². The van der Waals surface area contributed by atoms with Crippen molar-refractivity contribution in [2.24, 2.45) is 0 Å². The van der Waals surface area contributed by atoms with Crippen LogP contribution in [0.3, 0.4) is 0 Å². The monoisotopic (exact) mass is 325 g/mol. The standard InChI is InChI=1S/C14H19N3O4S/c1-3-4-9-22(20,21)16-11-7-5-10(6-8-11)12-13(18)17(2)14(19)15-12/h5-8,12,16H,3-4,9H2,1-2H3,(H,15,19). The molecule has 0 radical (unpaired) electrons. The molecule has 0 aromatic heterocycles. The van der Waals surface area contributed by atoms with Crippen molar-refractivity contribution in [2.75, 3.05) is 17.5 Å². The van der Waals surface area contributed by atoms with E-state index >= 15 is 0 Å². The summed E-state index contributed by atoms with van der Waals surface area (Å²) in [4.78, 5) is 24.3. The normalized spacial score (nSPS) is 18.5. The number of imide groups is 1. The molecule has 2 N–H and O–H groups in total. The van der Waals surface area contributed by atoms with Gasteiger partial charge in [0, 0.05) is 12.7 Å². The molecule has 0 saturated carbocycles. The molecule has 1 fully saturated rings. The van der Waals surface area contributed by atoms with Crippen LogP contribution in [-0.2, 0) is 14.8 Å². The first-order valence-electron chi connectivity index (χ1n) is 7.02. The highest BCUT2D eigenvalue weighted by Crippen LogP contribution is 2.22. The number of carbonyl (C=O) groups is 2. The van der Waals surface area contributed by atoms with E-state index in [0.29, 0.717) is 17.7 Å². The van der Waals surface area contributed by atoms with Crippen molar-refractivity contribution in [1.29, 1.82) is 0 Å². The van der Waals surface area contributed by atoms with E-state index < -0.39 is 22.1 Å². The van der Waals surface area contributed by atoms with Crippen LogP contribution >= 0.6 is 0 Å². The number of rotatable bonds is 6. The Kier molecular flexibility index (Phi) is 4.70. The van der Waals surface area contributed by atoms with E-state index in [9.17, 15) is 18.0 Å². The minimum atomic E-state index is -3.35. The number of unbranched alkanes of at least 4 members (excludes halogenated alkanes) is 1. The molecule has 0 bridgehead atoms. The molecule has 1 aromatic rings. The third kappa shape index (κ3) is 3.56. The number of benzene rings is 1.